The molecule has 0 atom stereocenters. The van der Waals surface area contributed by atoms with E-state index in [1.54, 1.807) is 6.07 Å². The van der Waals surface area contributed by atoms with Crippen molar-refractivity contribution in [1.29, 1.82) is 0 Å². The third-order valence-corrected chi connectivity index (χ3v) is 3.80. The topological polar surface area (TPSA) is 55.1 Å². The van der Waals surface area contributed by atoms with Crippen LogP contribution in [0, 0.1) is 0 Å². The molecule has 0 aliphatic heterocycles. The molecule has 0 amide bonds. The molecule has 0 aliphatic rings. The van der Waals surface area contributed by atoms with Gasteiger partial charge in [0.25, 0.3) is 0 Å². The summed E-state index contributed by atoms with van der Waals surface area (Å²) in [6.07, 6.45) is 1.53. The monoisotopic (exact) mass is 288 g/mol. The normalized spacial score (nSPS) is 11.1. The summed E-state index contributed by atoms with van der Waals surface area (Å²) in [6.45, 7) is 0. The van der Waals surface area contributed by atoms with Crippen LogP contribution in [0.1, 0.15) is 10.4 Å². The second-order valence-corrected chi connectivity index (χ2v) is 5.08. The van der Waals surface area contributed by atoms with Crippen molar-refractivity contribution in [2.45, 2.75) is 0 Å². The number of aromatic nitrogens is 2. The first-order chi connectivity index (χ1) is 10.8. The molecule has 2 aromatic heterocycles. The number of pyridine rings is 1. The average Bonchev–Trinajstić information content (AvgIpc) is 2.89. The molecular formula is C18H12N2O2. The Bertz CT molecular complexity index is 965. The number of carboxylic acid groups (broad SMARTS) is 1. The maximum absolute atomic E-state index is 11.2. The van der Waals surface area contributed by atoms with Crippen molar-refractivity contribution in [3.05, 3.63) is 72.4 Å². The van der Waals surface area contributed by atoms with Gasteiger partial charge in [0, 0.05) is 17.0 Å². The highest BCUT2D eigenvalue weighted by atomic mass is 16.4. The zero-order chi connectivity index (χ0) is 15.1. The molecule has 0 saturated heterocycles. The third kappa shape index (κ3) is 1.78. The first-order valence-corrected chi connectivity index (χ1v) is 6.93. The molecule has 0 aliphatic carbocycles. The number of fused-ring (bicyclic) bond motifs is 3. The maximum Gasteiger partial charge on any atom is 0.335 e. The van der Waals surface area contributed by atoms with Crippen molar-refractivity contribution in [2.24, 2.45) is 0 Å². The summed E-state index contributed by atoms with van der Waals surface area (Å²) in [7, 11) is 0. The molecule has 1 N–H and O–H groups in total. The van der Waals surface area contributed by atoms with Crippen LogP contribution >= 0.6 is 0 Å². The summed E-state index contributed by atoms with van der Waals surface area (Å²) >= 11 is 0. The first kappa shape index (κ1) is 12.6. The Balaban J connectivity index is 2.13. The van der Waals surface area contributed by atoms with Crippen molar-refractivity contribution >= 4 is 27.8 Å². The van der Waals surface area contributed by atoms with Gasteiger partial charge in [-0.2, -0.15) is 0 Å². The number of hydrogen-bond acceptors (Lipinski definition) is 2. The maximum atomic E-state index is 11.2. The van der Waals surface area contributed by atoms with Gasteiger partial charge in [-0.1, -0.05) is 36.4 Å². The van der Waals surface area contributed by atoms with E-state index >= 15 is 0 Å². The van der Waals surface area contributed by atoms with Gasteiger partial charge in [0.05, 0.1) is 16.6 Å². The van der Waals surface area contributed by atoms with Crippen molar-refractivity contribution in [1.82, 2.24) is 9.55 Å². The van der Waals surface area contributed by atoms with E-state index < -0.39 is 5.97 Å². The lowest BCUT2D eigenvalue weighted by Gasteiger charge is -2.07. The van der Waals surface area contributed by atoms with Crippen molar-refractivity contribution in [2.75, 3.05) is 0 Å². The summed E-state index contributed by atoms with van der Waals surface area (Å²) in [4.78, 5) is 15.6. The number of nitrogens with zero attached hydrogens (tertiary/aromatic N) is 2. The van der Waals surface area contributed by atoms with Gasteiger partial charge >= 0.3 is 5.97 Å². The lowest BCUT2D eigenvalue weighted by molar-refractivity contribution is 0.0696. The highest BCUT2D eigenvalue weighted by Crippen LogP contribution is 2.31. The van der Waals surface area contributed by atoms with E-state index in [-0.39, 0.29) is 5.56 Å². The van der Waals surface area contributed by atoms with E-state index in [2.05, 4.69) is 17.1 Å². The largest absolute Gasteiger partial charge is 0.478 e. The first-order valence-electron chi connectivity index (χ1n) is 6.93. The lowest BCUT2D eigenvalue weighted by Crippen LogP contribution is -2.02. The second kappa shape index (κ2) is 4.70. The molecule has 0 bridgehead atoms. The molecule has 22 heavy (non-hydrogen) atoms. The predicted octanol–water partition coefficient (Wildman–Crippen LogP) is 3.88. The van der Waals surface area contributed by atoms with Gasteiger partial charge < -0.3 is 5.11 Å². The van der Waals surface area contributed by atoms with Crippen LogP contribution in [-0.4, -0.2) is 20.6 Å². The highest BCUT2D eigenvalue weighted by Gasteiger charge is 2.13. The number of aromatic carboxylic acids is 1. The molecule has 2 aromatic carbocycles. The Morgan fingerprint density at radius 3 is 2.09 bits per heavy atom. The van der Waals surface area contributed by atoms with Gasteiger partial charge in [0.1, 0.15) is 5.82 Å². The summed E-state index contributed by atoms with van der Waals surface area (Å²) < 4.78 is 2.00. The van der Waals surface area contributed by atoms with Crippen LogP contribution in [0.4, 0.5) is 0 Å². The van der Waals surface area contributed by atoms with Crippen LogP contribution in [-0.2, 0) is 0 Å². The number of rotatable bonds is 2. The Morgan fingerprint density at radius 2 is 1.50 bits per heavy atom. The molecule has 0 unspecified atom stereocenters. The van der Waals surface area contributed by atoms with E-state index in [1.807, 2.05) is 41.0 Å². The van der Waals surface area contributed by atoms with Gasteiger partial charge in [0.15, 0.2) is 0 Å². The van der Waals surface area contributed by atoms with Gasteiger partial charge in [-0.3, -0.25) is 4.57 Å². The molecule has 0 saturated carbocycles. The average molecular weight is 288 g/mol. The van der Waals surface area contributed by atoms with Crippen molar-refractivity contribution < 1.29 is 9.90 Å². The Morgan fingerprint density at radius 1 is 0.909 bits per heavy atom. The third-order valence-electron chi connectivity index (χ3n) is 3.80. The standard InChI is InChI=1S/C18H12N2O2/c21-18(22)12-9-10-19-17(11-12)20-15-7-3-1-5-13(15)14-6-2-4-8-16(14)20/h1-11H,(H,21,22). The van der Waals surface area contributed by atoms with E-state index in [4.69, 9.17) is 0 Å². The highest BCUT2D eigenvalue weighted by molar-refractivity contribution is 6.09. The summed E-state index contributed by atoms with van der Waals surface area (Å²) in [5.74, 6) is -0.346. The van der Waals surface area contributed by atoms with Crippen LogP contribution < -0.4 is 0 Å². The zero-order valence-corrected chi connectivity index (χ0v) is 11.6. The van der Waals surface area contributed by atoms with Crippen LogP contribution in [0.25, 0.3) is 27.6 Å². The van der Waals surface area contributed by atoms with E-state index in [0.29, 0.717) is 5.82 Å². The van der Waals surface area contributed by atoms with Gasteiger partial charge in [-0.05, 0) is 24.3 Å². The van der Waals surface area contributed by atoms with Crippen molar-refractivity contribution in [3.63, 3.8) is 0 Å². The lowest BCUT2D eigenvalue weighted by atomic mass is 10.2. The number of hydrogen-bond donors (Lipinski definition) is 1. The molecule has 0 spiro atoms. The molecule has 0 radical (unpaired) electrons. The second-order valence-electron chi connectivity index (χ2n) is 5.08. The molecular weight excluding hydrogens is 276 g/mol. The fourth-order valence-corrected chi connectivity index (χ4v) is 2.84. The van der Waals surface area contributed by atoms with E-state index in [1.165, 1.54) is 12.3 Å². The quantitative estimate of drug-likeness (QED) is 0.609. The number of carbonyl (C=O) groups is 1. The Kier molecular flexibility index (Phi) is 2.69. The molecule has 4 nitrogen and oxygen atoms in total. The number of para-hydroxylation sites is 2. The minimum atomic E-state index is -0.954. The fourth-order valence-electron chi connectivity index (χ4n) is 2.84. The Labute approximate surface area is 126 Å². The van der Waals surface area contributed by atoms with Crippen LogP contribution in [0.5, 0.6) is 0 Å². The predicted molar refractivity (Wildman–Crippen MR) is 85.5 cm³/mol. The molecule has 4 heteroatoms. The summed E-state index contributed by atoms with van der Waals surface area (Å²) in [5, 5.41) is 11.4. The van der Waals surface area contributed by atoms with Gasteiger partial charge in [-0.25, -0.2) is 9.78 Å². The molecule has 4 aromatic rings. The number of carboxylic acids is 1. The zero-order valence-electron chi connectivity index (χ0n) is 11.6. The number of benzene rings is 2. The minimum Gasteiger partial charge on any atom is -0.478 e. The summed E-state index contributed by atoms with van der Waals surface area (Å²) in [5.41, 5.74) is 2.25. The van der Waals surface area contributed by atoms with E-state index in [9.17, 15) is 9.90 Å². The Hall–Kier alpha value is -3.14. The van der Waals surface area contributed by atoms with Crippen LogP contribution in [0.2, 0.25) is 0 Å². The van der Waals surface area contributed by atoms with Crippen LogP contribution in [0.15, 0.2) is 66.9 Å². The molecule has 0 fully saturated rings. The minimum absolute atomic E-state index is 0.229. The SMILES string of the molecule is O=C(O)c1ccnc(-n2c3ccccc3c3ccccc32)c1. The van der Waals surface area contributed by atoms with Crippen LogP contribution in [0.3, 0.4) is 0 Å². The summed E-state index contributed by atoms with van der Waals surface area (Å²) in [6, 6.07) is 19.2. The van der Waals surface area contributed by atoms with Gasteiger partial charge in [0.2, 0.25) is 0 Å². The molecule has 106 valence electrons. The van der Waals surface area contributed by atoms with Gasteiger partial charge in [-0.15, -0.1) is 0 Å². The fraction of sp³-hybridized carbons (Fsp3) is 0. The molecule has 4 rings (SSSR count). The van der Waals surface area contributed by atoms with Crippen molar-refractivity contribution in [3.8, 4) is 5.82 Å². The molecule has 2 heterocycles. The van der Waals surface area contributed by atoms with E-state index in [0.717, 1.165) is 21.8 Å². The smallest absolute Gasteiger partial charge is 0.335 e.